The predicted octanol–water partition coefficient (Wildman–Crippen LogP) is 3.31. The Bertz CT molecular complexity index is 1110. The molecule has 3 aromatic rings. The molecular formula is C24H28N6O2. The number of aryl methyl sites for hydroxylation is 1. The summed E-state index contributed by atoms with van der Waals surface area (Å²) in [6.07, 6.45) is 5.33. The molecule has 0 atom stereocenters. The molecule has 0 saturated heterocycles. The van der Waals surface area contributed by atoms with E-state index in [2.05, 4.69) is 15.4 Å². The first-order valence-electron chi connectivity index (χ1n) is 10.9. The van der Waals surface area contributed by atoms with Crippen LogP contribution in [0.15, 0.2) is 55.0 Å². The SMILES string of the molecule is CCn1cc(CN(C(=O)c2cnc3c(c2)N(Cc2ccccc2)C(=O)CN3)C(C)C)cn1. The second-order valence-corrected chi connectivity index (χ2v) is 8.14. The summed E-state index contributed by atoms with van der Waals surface area (Å²) in [5.74, 6) is 0.426. The zero-order chi connectivity index (χ0) is 22.7. The maximum atomic E-state index is 13.4. The molecule has 8 nitrogen and oxygen atoms in total. The fourth-order valence-corrected chi connectivity index (χ4v) is 3.75. The highest BCUT2D eigenvalue weighted by Gasteiger charge is 2.28. The second kappa shape index (κ2) is 9.21. The van der Waals surface area contributed by atoms with Crippen molar-refractivity contribution in [1.82, 2.24) is 19.7 Å². The van der Waals surface area contributed by atoms with E-state index in [9.17, 15) is 9.59 Å². The number of carbonyl (C=O) groups is 2. The Morgan fingerprint density at radius 3 is 2.66 bits per heavy atom. The molecule has 8 heteroatoms. The summed E-state index contributed by atoms with van der Waals surface area (Å²) in [6, 6.07) is 11.6. The summed E-state index contributed by atoms with van der Waals surface area (Å²) in [5, 5.41) is 7.37. The molecule has 1 aliphatic rings. The van der Waals surface area contributed by atoms with Gasteiger partial charge >= 0.3 is 0 Å². The highest BCUT2D eigenvalue weighted by atomic mass is 16.2. The average molecular weight is 433 g/mol. The molecule has 0 aliphatic carbocycles. The van der Waals surface area contributed by atoms with Crippen molar-refractivity contribution in [3.8, 4) is 0 Å². The van der Waals surface area contributed by atoms with E-state index in [0.29, 0.717) is 30.2 Å². The van der Waals surface area contributed by atoms with Crippen LogP contribution in [0.3, 0.4) is 0 Å². The summed E-state index contributed by atoms with van der Waals surface area (Å²) in [6.45, 7) is 7.84. The van der Waals surface area contributed by atoms with Gasteiger partial charge in [0.25, 0.3) is 5.91 Å². The number of hydrogen-bond donors (Lipinski definition) is 1. The van der Waals surface area contributed by atoms with E-state index in [-0.39, 0.29) is 24.4 Å². The number of rotatable bonds is 7. The van der Waals surface area contributed by atoms with Gasteiger partial charge in [-0.05, 0) is 32.4 Å². The lowest BCUT2D eigenvalue weighted by Crippen LogP contribution is -2.40. The standard InChI is InChI=1S/C24H28N6O2/c1-4-28-14-19(11-27-28)16-29(17(2)3)24(32)20-10-21-23(25-12-20)26-13-22(31)30(21)15-18-8-6-5-7-9-18/h5-12,14,17H,4,13,15-16H2,1-3H3,(H,25,26). The number of aromatic nitrogens is 3. The van der Waals surface area contributed by atoms with Gasteiger partial charge in [-0.15, -0.1) is 0 Å². The Morgan fingerprint density at radius 2 is 1.97 bits per heavy atom. The minimum Gasteiger partial charge on any atom is -0.359 e. The molecule has 1 aromatic carbocycles. The number of fused-ring (bicyclic) bond motifs is 1. The third-order valence-corrected chi connectivity index (χ3v) is 5.54. The molecule has 2 aromatic heterocycles. The van der Waals surface area contributed by atoms with Crippen molar-refractivity contribution in [2.45, 2.75) is 46.4 Å². The minimum atomic E-state index is -0.128. The van der Waals surface area contributed by atoms with Crippen molar-refractivity contribution in [1.29, 1.82) is 0 Å². The molecule has 32 heavy (non-hydrogen) atoms. The van der Waals surface area contributed by atoms with Crippen LogP contribution in [0.25, 0.3) is 0 Å². The van der Waals surface area contributed by atoms with Crippen LogP contribution in [-0.4, -0.2) is 44.1 Å². The van der Waals surface area contributed by atoms with Gasteiger partial charge < -0.3 is 15.1 Å². The van der Waals surface area contributed by atoms with Crippen LogP contribution in [0, 0.1) is 0 Å². The smallest absolute Gasteiger partial charge is 0.256 e. The minimum absolute atomic E-state index is 0.0105. The van der Waals surface area contributed by atoms with E-state index in [1.807, 2.05) is 62.0 Å². The van der Waals surface area contributed by atoms with Crippen molar-refractivity contribution in [3.63, 3.8) is 0 Å². The summed E-state index contributed by atoms with van der Waals surface area (Å²) in [5.41, 5.74) is 3.07. The summed E-state index contributed by atoms with van der Waals surface area (Å²) in [4.78, 5) is 34.1. The Kier molecular flexibility index (Phi) is 6.20. The van der Waals surface area contributed by atoms with Crippen LogP contribution in [0.1, 0.15) is 42.3 Å². The summed E-state index contributed by atoms with van der Waals surface area (Å²) >= 11 is 0. The molecule has 1 aliphatic heterocycles. The van der Waals surface area contributed by atoms with E-state index >= 15 is 0 Å². The first-order chi connectivity index (χ1) is 15.5. The zero-order valence-corrected chi connectivity index (χ0v) is 18.7. The Hall–Kier alpha value is -3.68. The third kappa shape index (κ3) is 4.49. The third-order valence-electron chi connectivity index (χ3n) is 5.54. The Labute approximate surface area is 187 Å². The lowest BCUT2D eigenvalue weighted by molar-refractivity contribution is -0.117. The van der Waals surface area contributed by atoms with Crippen LogP contribution < -0.4 is 10.2 Å². The van der Waals surface area contributed by atoms with Crippen molar-refractivity contribution < 1.29 is 9.59 Å². The van der Waals surface area contributed by atoms with Gasteiger partial charge in [-0.3, -0.25) is 14.3 Å². The fraction of sp³-hybridized carbons (Fsp3) is 0.333. The highest BCUT2D eigenvalue weighted by molar-refractivity contribution is 6.04. The molecule has 0 unspecified atom stereocenters. The number of pyridine rings is 1. The van der Waals surface area contributed by atoms with Gasteiger partial charge in [0.15, 0.2) is 5.82 Å². The average Bonchev–Trinajstić information content (AvgIpc) is 3.27. The van der Waals surface area contributed by atoms with Crippen molar-refractivity contribution in [3.05, 3.63) is 71.7 Å². The van der Waals surface area contributed by atoms with Gasteiger partial charge in [-0.1, -0.05) is 30.3 Å². The monoisotopic (exact) mass is 432 g/mol. The molecule has 3 heterocycles. The number of nitrogens with zero attached hydrogens (tertiary/aromatic N) is 5. The number of amides is 2. The number of nitrogens with one attached hydrogen (secondary N) is 1. The van der Waals surface area contributed by atoms with Gasteiger partial charge in [-0.2, -0.15) is 5.10 Å². The fourth-order valence-electron chi connectivity index (χ4n) is 3.75. The van der Waals surface area contributed by atoms with Crippen LogP contribution in [0.5, 0.6) is 0 Å². The summed E-state index contributed by atoms with van der Waals surface area (Å²) < 4.78 is 1.84. The molecule has 166 valence electrons. The maximum Gasteiger partial charge on any atom is 0.256 e. The van der Waals surface area contributed by atoms with Gasteiger partial charge in [0.1, 0.15) is 0 Å². The zero-order valence-electron chi connectivity index (χ0n) is 18.7. The normalized spacial score (nSPS) is 13.1. The topological polar surface area (TPSA) is 83.4 Å². The Balaban J connectivity index is 1.62. The summed E-state index contributed by atoms with van der Waals surface area (Å²) in [7, 11) is 0. The quantitative estimate of drug-likeness (QED) is 0.619. The number of carbonyl (C=O) groups excluding carboxylic acids is 2. The van der Waals surface area contributed by atoms with Crippen molar-refractivity contribution in [2.24, 2.45) is 0 Å². The largest absolute Gasteiger partial charge is 0.359 e. The maximum absolute atomic E-state index is 13.4. The number of anilines is 2. The molecular weight excluding hydrogens is 404 g/mol. The van der Waals surface area contributed by atoms with Gasteiger partial charge in [0.2, 0.25) is 5.91 Å². The van der Waals surface area contributed by atoms with Crippen molar-refractivity contribution in [2.75, 3.05) is 16.8 Å². The number of hydrogen-bond acceptors (Lipinski definition) is 5. The van der Waals surface area contributed by atoms with Gasteiger partial charge in [0, 0.05) is 37.1 Å². The number of benzene rings is 1. The molecule has 0 saturated carbocycles. The molecule has 0 bridgehead atoms. The Morgan fingerprint density at radius 1 is 1.19 bits per heavy atom. The van der Waals surface area contributed by atoms with E-state index in [1.165, 1.54) is 0 Å². The molecule has 2 amide bonds. The molecule has 1 N–H and O–H groups in total. The van der Waals surface area contributed by atoms with E-state index < -0.39 is 0 Å². The first-order valence-corrected chi connectivity index (χ1v) is 10.9. The molecule has 0 spiro atoms. The molecule has 4 rings (SSSR count). The van der Waals surface area contributed by atoms with Gasteiger partial charge in [0.05, 0.1) is 30.5 Å². The second-order valence-electron chi connectivity index (χ2n) is 8.14. The predicted molar refractivity (Wildman–Crippen MR) is 123 cm³/mol. The van der Waals surface area contributed by atoms with E-state index in [4.69, 9.17) is 0 Å². The van der Waals surface area contributed by atoms with Crippen LogP contribution in [0.4, 0.5) is 11.5 Å². The lowest BCUT2D eigenvalue weighted by Gasteiger charge is -2.31. The van der Waals surface area contributed by atoms with Crippen molar-refractivity contribution >= 4 is 23.3 Å². The van der Waals surface area contributed by atoms with E-state index in [1.54, 1.807) is 28.3 Å². The van der Waals surface area contributed by atoms with E-state index in [0.717, 1.165) is 17.7 Å². The molecule has 0 radical (unpaired) electrons. The molecule has 0 fully saturated rings. The van der Waals surface area contributed by atoms with Crippen LogP contribution >= 0.6 is 0 Å². The highest BCUT2D eigenvalue weighted by Crippen LogP contribution is 2.30. The van der Waals surface area contributed by atoms with Crippen LogP contribution in [-0.2, 0) is 24.4 Å². The first kappa shape index (κ1) is 21.5. The van der Waals surface area contributed by atoms with Gasteiger partial charge in [-0.25, -0.2) is 4.98 Å². The lowest BCUT2D eigenvalue weighted by atomic mass is 10.1. The van der Waals surface area contributed by atoms with Crippen LogP contribution in [0.2, 0.25) is 0 Å².